The predicted octanol–water partition coefficient (Wildman–Crippen LogP) is 1.99. The molecule has 1 heterocycles. The van der Waals surface area contributed by atoms with Crippen LogP contribution in [-0.4, -0.2) is 29.3 Å². The number of carbonyl (C=O) groups is 1. The van der Waals surface area contributed by atoms with Crippen molar-refractivity contribution in [3.8, 4) is 11.3 Å². The van der Waals surface area contributed by atoms with Crippen LogP contribution in [0.15, 0.2) is 40.8 Å². The highest BCUT2D eigenvalue weighted by Gasteiger charge is 2.31. The fraction of sp³-hybridized carbons (Fsp3) is 0.0833. The molecule has 1 unspecified atom stereocenters. The zero-order valence-electron chi connectivity index (χ0n) is 9.86. The van der Waals surface area contributed by atoms with E-state index in [2.05, 4.69) is 0 Å². The summed E-state index contributed by atoms with van der Waals surface area (Å²) in [7, 11) is -4.88. The minimum atomic E-state index is -4.88. The quantitative estimate of drug-likeness (QED) is 0.660. The molecule has 0 spiro atoms. The number of furan rings is 1. The van der Waals surface area contributed by atoms with Gasteiger partial charge in [-0.25, -0.2) is 0 Å². The standard InChI is InChI=1S/C12H9ClO6S/c13-8-3-1-7(2-4-8)9-5-6-10(19-9)11(14)12(15)20(16,17)18/h1-6,12,15H,(H,16,17,18). The maximum absolute atomic E-state index is 11.6. The minimum absolute atomic E-state index is 0.299. The Morgan fingerprint density at radius 1 is 1.15 bits per heavy atom. The Kier molecular flexibility index (Phi) is 3.96. The topological polar surface area (TPSA) is 105 Å². The highest BCUT2D eigenvalue weighted by atomic mass is 35.5. The van der Waals surface area contributed by atoms with Gasteiger partial charge in [-0.1, -0.05) is 11.6 Å². The summed E-state index contributed by atoms with van der Waals surface area (Å²) < 4.78 is 35.2. The van der Waals surface area contributed by atoms with Gasteiger partial charge in [0, 0.05) is 10.6 Å². The van der Waals surface area contributed by atoms with Crippen molar-refractivity contribution < 1.29 is 27.3 Å². The van der Waals surface area contributed by atoms with Gasteiger partial charge in [0.2, 0.25) is 11.2 Å². The predicted molar refractivity (Wildman–Crippen MR) is 71.0 cm³/mol. The Bertz CT molecular complexity index is 732. The number of halogens is 1. The van der Waals surface area contributed by atoms with Gasteiger partial charge in [-0.05, 0) is 36.4 Å². The van der Waals surface area contributed by atoms with Crippen molar-refractivity contribution in [3.05, 3.63) is 47.2 Å². The second-order valence-electron chi connectivity index (χ2n) is 3.90. The summed E-state index contributed by atoms with van der Waals surface area (Å²) >= 11 is 5.73. The van der Waals surface area contributed by atoms with Crippen LogP contribution in [0.5, 0.6) is 0 Å². The average Bonchev–Trinajstić information content (AvgIpc) is 2.86. The number of ketones is 1. The van der Waals surface area contributed by atoms with Gasteiger partial charge in [0.15, 0.2) is 5.76 Å². The van der Waals surface area contributed by atoms with Gasteiger partial charge in [0.1, 0.15) is 5.76 Å². The van der Waals surface area contributed by atoms with Crippen LogP contribution in [0.4, 0.5) is 0 Å². The van der Waals surface area contributed by atoms with Gasteiger partial charge < -0.3 is 9.52 Å². The van der Waals surface area contributed by atoms with E-state index in [4.69, 9.17) is 25.7 Å². The van der Waals surface area contributed by atoms with E-state index in [-0.39, 0.29) is 5.76 Å². The largest absolute Gasteiger partial charge is 0.453 e. The number of hydrogen-bond acceptors (Lipinski definition) is 5. The Hall–Kier alpha value is -1.67. The van der Waals surface area contributed by atoms with Crippen LogP contribution < -0.4 is 0 Å². The van der Waals surface area contributed by atoms with E-state index in [9.17, 15) is 13.2 Å². The van der Waals surface area contributed by atoms with Crippen LogP contribution in [0.3, 0.4) is 0 Å². The fourth-order valence-corrected chi connectivity index (χ4v) is 2.01. The molecule has 106 valence electrons. The summed E-state index contributed by atoms with van der Waals surface area (Å²) in [5.74, 6) is -1.32. The minimum Gasteiger partial charge on any atom is -0.453 e. The van der Waals surface area contributed by atoms with Crippen LogP contribution in [0.1, 0.15) is 10.6 Å². The molecule has 0 aliphatic carbocycles. The summed E-state index contributed by atoms with van der Waals surface area (Å²) in [6, 6.07) is 9.18. The average molecular weight is 317 g/mol. The molecule has 0 amide bonds. The molecule has 0 fully saturated rings. The fourth-order valence-electron chi connectivity index (χ4n) is 1.50. The Labute approximate surface area is 119 Å². The molecule has 2 rings (SSSR count). The van der Waals surface area contributed by atoms with Crippen molar-refractivity contribution in [2.75, 3.05) is 0 Å². The summed E-state index contributed by atoms with van der Waals surface area (Å²) in [6.45, 7) is 0. The third-order valence-corrected chi connectivity index (χ3v) is 3.51. The first-order valence-corrected chi connectivity index (χ1v) is 7.21. The number of Topliss-reactive ketones (excluding diaryl/α,β-unsaturated/α-hetero) is 1. The second kappa shape index (κ2) is 5.37. The van der Waals surface area contributed by atoms with E-state index < -0.39 is 21.3 Å². The Morgan fingerprint density at radius 2 is 1.75 bits per heavy atom. The van der Waals surface area contributed by atoms with Crippen molar-refractivity contribution >= 4 is 27.5 Å². The molecule has 1 aromatic heterocycles. The highest BCUT2D eigenvalue weighted by Crippen LogP contribution is 2.24. The van der Waals surface area contributed by atoms with Gasteiger partial charge in [-0.2, -0.15) is 8.42 Å². The molecule has 2 aromatic rings. The van der Waals surface area contributed by atoms with Gasteiger partial charge in [-0.15, -0.1) is 0 Å². The number of rotatable bonds is 4. The molecule has 0 bridgehead atoms. The van der Waals surface area contributed by atoms with E-state index in [1.54, 1.807) is 24.3 Å². The molecular weight excluding hydrogens is 308 g/mol. The maximum atomic E-state index is 11.6. The first-order valence-electron chi connectivity index (χ1n) is 5.33. The molecule has 1 atom stereocenters. The highest BCUT2D eigenvalue weighted by molar-refractivity contribution is 7.87. The van der Waals surface area contributed by atoms with Crippen molar-refractivity contribution in [2.24, 2.45) is 0 Å². The van der Waals surface area contributed by atoms with E-state index in [1.807, 2.05) is 0 Å². The molecule has 0 saturated carbocycles. The van der Waals surface area contributed by atoms with Crippen molar-refractivity contribution in [1.29, 1.82) is 0 Å². The van der Waals surface area contributed by atoms with Crippen molar-refractivity contribution in [2.45, 2.75) is 5.44 Å². The SMILES string of the molecule is O=C(c1ccc(-c2ccc(Cl)cc2)o1)C(O)S(=O)(=O)O. The van der Waals surface area contributed by atoms with Crippen LogP contribution >= 0.6 is 11.6 Å². The molecule has 0 aliphatic rings. The Balaban J connectivity index is 2.30. The van der Waals surface area contributed by atoms with Crippen LogP contribution in [0.25, 0.3) is 11.3 Å². The number of hydrogen-bond donors (Lipinski definition) is 2. The number of benzene rings is 1. The summed E-state index contributed by atoms with van der Waals surface area (Å²) in [4.78, 5) is 11.6. The van der Waals surface area contributed by atoms with Gasteiger partial charge >= 0.3 is 0 Å². The summed E-state index contributed by atoms with van der Waals surface area (Å²) in [5, 5.41) is 9.69. The van der Waals surface area contributed by atoms with Crippen molar-refractivity contribution in [1.82, 2.24) is 0 Å². The lowest BCUT2D eigenvalue weighted by atomic mass is 10.2. The third-order valence-electron chi connectivity index (χ3n) is 2.48. The van der Waals surface area contributed by atoms with Crippen molar-refractivity contribution in [3.63, 3.8) is 0 Å². The molecule has 8 heteroatoms. The molecule has 0 radical (unpaired) electrons. The number of carbonyl (C=O) groups excluding carboxylic acids is 1. The lowest BCUT2D eigenvalue weighted by Gasteiger charge is -2.03. The van der Waals surface area contributed by atoms with E-state index >= 15 is 0 Å². The summed E-state index contributed by atoms with van der Waals surface area (Å²) in [6.07, 6.45) is 0. The molecule has 2 N–H and O–H groups in total. The molecule has 0 saturated heterocycles. The summed E-state index contributed by atoms with van der Waals surface area (Å²) in [5.41, 5.74) is -1.94. The Morgan fingerprint density at radius 3 is 2.30 bits per heavy atom. The molecular formula is C12H9ClO6S. The van der Waals surface area contributed by atoms with Gasteiger partial charge in [0.05, 0.1) is 0 Å². The smallest absolute Gasteiger partial charge is 0.300 e. The van der Waals surface area contributed by atoms with E-state index in [0.717, 1.165) is 0 Å². The van der Waals surface area contributed by atoms with Crippen LogP contribution in [0, 0.1) is 0 Å². The molecule has 6 nitrogen and oxygen atoms in total. The lowest BCUT2D eigenvalue weighted by molar-refractivity contribution is 0.0820. The van der Waals surface area contributed by atoms with E-state index in [0.29, 0.717) is 16.3 Å². The first kappa shape index (κ1) is 14.7. The van der Waals surface area contributed by atoms with Crippen LogP contribution in [-0.2, 0) is 10.1 Å². The van der Waals surface area contributed by atoms with Crippen LogP contribution in [0.2, 0.25) is 5.02 Å². The maximum Gasteiger partial charge on any atom is 0.300 e. The zero-order chi connectivity index (χ0) is 14.9. The number of aliphatic hydroxyl groups is 1. The normalized spacial score (nSPS) is 13.2. The zero-order valence-corrected chi connectivity index (χ0v) is 11.4. The second-order valence-corrected chi connectivity index (χ2v) is 5.82. The lowest BCUT2D eigenvalue weighted by Crippen LogP contribution is -2.29. The van der Waals surface area contributed by atoms with E-state index in [1.165, 1.54) is 12.1 Å². The van der Waals surface area contributed by atoms with Gasteiger partial charge in [-0.3, -0.25) is 9.35 Å². The number of aliphatic hydroxyl groups excluding tert-OH is 1. The molecule has 1 aromatic carbocycles. The third kappa shape index (κ3) is 3.07. The van der Waals surface area contributed by atoms with Gasteiger partial charge in [0.25, 0.3) is 10.1 Å². The molecule has 20 heavy (non-hydrogen) atoms. The first-order chi connectivity index (χ1) is 9.29. The molecule has 0 aliphatic heterocycles. The monoisotopic (exact) mass is 316 g/mol.